The second kappa shape index (κ2) is 11.7. The lowest BCUT2D eigenvalue weighted by Crippen LogP contribution is -2.43. The smallest absolute Gasteiger partial charge is 0.269 e. The molecule has 0 unspecified atom stereocenters. The number of nitro groups is 1. The molecule has 2 rings (SSSR count). The van der Waals surface area contributed by atoms with Crippen molar-refractivity contribution >= 4 is 29.3 Å². The van der Waals surface area contributed by atoms with Gasteiger partial charge in [0.25, 0.3) is 5.69 Å². The molecule has 0 heterocycles. The maximum atomic E-state index is 11.9. The van der Waals surface area contributed by atoms with Crippen molar-refractivity contribution in [1.82, 2.24) is 15.5 Å². The molecule has 0 saturated heterocycles. The van der Waals surface area contributed by atoms with Crippen molar-refractivity contribution < 1.29 is 9.72 Å². The summed E-state index contributed by atoms with van der Waals surface area (Å²) in [6.07, 6.45) is 0. The Bertz CT molecular complexity index is 826. The fourth-order valence-corrected chi connectivity index (χ4v) is 3.03. The van der Waals surface area contributed by atoms with Crippen LogP contribution in [-0.4, -0.2) is 54.6 Å². The van der Waals surface area contributed by atoms with Gasteiger partial charge in [-0.1, -0.05) is 30.3 Å². The van der Waals surface area contributed by atoms with Gasteiger partial charge in [-0.25, -0.2) is 4.99 Å². The Hall–Kier alpha value is -3.07. The molecule has 1 amide bonds. The number of amides is 1. The number of hydrogen-bond donors (Lipinski definition) is 2. The summed E-state index contributed by atoms with van der Waals surface area (Å²) in [5.74, 6) is 1.30. The highest BCUT2D eigenvalue weighted by atomic mass is 32.2. The summed E-state index contributed by atoms with van der Waals surface area (Å²) in [5.41, 5.74) is 0.887. The van der Waals surface area contributed by atoms with Gasteiger partial charge in [-0.05, 0) is 17.7 Å². The number of rotatable bonds is 9. The molecule has 0 spiro atoms. The predicted molar refractivity (Wildman–Crippen MR) is 116 cm³/mol. The first-order valence-electron chi connectivity index (χ1n) is 9.09. The molecule has 29 heavy (non-hydrogen) atoms. The number of benzene rings is 2. The van der Waals surface area contributed by atoms with Crippen LogP contribution < -0.4 is 10.6 Å². The van der Waals surface area contributed by atoms with E-state index in [2.05, 4.69) is 27.8 Å². The molecule has 0 fully saturated rings. The lowest BCUT2D eigenvalue weighted by atomic mass is 10.2. The van der Waals surface area contributed by atoms with Gasteiger partial charge in [-0.2, -0.15) is 0 Å². The largest absolute Gasteiger partial charge is 0.356 e. The van der Waals surface area contributed by atoms with Gasteiger partial charge in [0, 0.05) is 43.4 Å². The Morgan fingerprint density at radius 2 is 1.79 bits per heavy atom. The summed E-state index contributed by atoms with van der Waals surface area (Å²) < 4.78 is 0. The average molecular weight is 416 g/mol. The van der Waals surface area contributed by atoms with Crippen molar-refractivity contribution in [3.05, 3.63) is 70.3 Å². The maximum absolute atomic E-state index is 11.9. The Labute approximate surface area is 174 Å². The van der Waals surface area contributed by atoms with E-state index >= 15 is 0 Å². The van der Waals surface area contributed by atoms with Crippen LogP contribution >= 0.6 is 11.8 Å². The molecule has 2 aromatic carbocycles. The molecule has 154 valence electrons. The first-order valence-corrected chi connectivity index (χ1v) is 10.1. The molecule has 0 aliphatic heterocycles. The highest BCUT2D eigenvalue weighted by molar-refractivity contribution is 7.99. The van der Waals surface area contributed by atoms with E-state index in [1.807, 2.05) is 18.2 Å². The van der Waals surface area contributed by atoms with Crippen molar-refractivity contribution in [3.8, 4) is 0 Å². The van der Waals surface area contributed by atoms with E-state index in [4.69, 9.17) is 0 Å². The molecule has 9 heteroatoms. The van der Waals surface area contributed by atoms with Crippen LogP contribution in [-0.2, 0) is 11.3 Å². The molecule has 0 atom stereocenters. The molecule has 0 saturated carbocycles. The lowest BCUT2D eigenvalue weighted by molar-refractivity contribution is -0.384. The van der Waals surface area contributed by atoms with Gasteiger partial charge in [0.15, 0.2) is 5.96 Å². The second-order valence-electron chi connectivity index (χ2n) is 6.32. The van der Waals surface area contributed by atoms with E-state index in [1.165, 1.54) is 21.9 Å². The number of guanidine groups is 1. The van der Waals surface area contributed by atoms with Crippen LogP contribution in [0.15, 0.2) is 64.5 Å². The van der Waals surface area contributed by atoms with Crippen LogP contribution in [0.25, 0.3) is 0 Å². The van der Waals surface area contributed by atoms with Crippen LogP contribution in [0.4, 0.5) is 5.69 Å². The minimum absolute atomic E-state index is 0.0451. The molecule has 8 nitrogen and oxygen atoms in total. The van der Waals surface area contributed by atoms with E-state index in [0.29, 0.717) is 19.0 Å². The third-order valence-corrected chi connectivity index (χ3v) is 4.89. The fraction of sp³-hybridized carbons (Fsp3) is 0.300. The van der Waals surface area contributed by atoms with E-state index in [9.17, 15) is 14.9 Å². The fourth-order valence-electron chi connectivity index (χ4n) is 2.24. The first kappa shape index (κ1) is 22.2. The molecular formula is C20H25N5O3S. The number of non-ortho nitro benzene ring substituents is 1. The Morgan fingerprint density at radius 1 is 1.10 bits per heavy atom. The number of thioether (sulfide) groups is 1. The van der Waals surface area contributed by atoms with Gasteiger partial charge >= 0.3 is 0 Å². The summed E-state index contributed by atoms with van der Waals surface area (Å²) in [5, 5.41) is 17.0. The molecule has 2 aromatic rings. The number of nitro benzene ring substituents is 1. The van der Waals surface area contributed by atoms with Gasteiger partial charge in [0.05, 0.1) is 18.0 Å². The summed E-state index contributed by atoms with van der Waals surface area (Å²) in [6.45, 7) is 1.14. The minimum Gasteiger partial charge on any atom is -0.356 e. The maximum Gasteiger partial charge on any atom is 0.269 e. The van der Waals surface area contributed by atoms with Crippen molar-refractivity contribution in [2.45, 2.75) is 11.4 Å². The zero-order chi connectivity index (χ0) is 21.1. The van der Waals surface area contributed by atoms with Crippen LogP contribution in [0.3, 0.4) is 0 Å². The van der Waals surface area contributed by atoms with Gasteiger partial charge in [-0.15, -0.1) is 11.8 Å². The summed E-state index contributed by atoms with van der Waals surface area (Å²) >= 11 is 1.73. The van der Waals surface area contributed by atoms with E-state index < -0.39 is 4.92 Å². The minimum atomic E-state index is -0.432. The Kier molecular flexibility index (Phi) is 8.97. The van der Waals surface area contributed by atoms with E-state index in [1.54, 1.807) is 38.0 Å². The molecule has 0 aliphatic carbocycles. The summed E-state index contributed by atoms with van der Waals surface area (Å²) in [6, 6.07) is 16.4. The van der Waals surface area contributed by atoms with E-state index in [-0.39, 0.29) is 18.1 Å². The highest BCUT2D eigenvalue weighted by Crippen LogP contribution is 2.15. The standard InChI is InChI=1S/C20H25N5O3S/c1-24(2)19(26)15-23-20(21-12-13-29-18-6-4-3-5-7-18)22-14-16-8-10-17(11-9-16)25(27)28/h3-11H,12-15H2,1-2H3,(H2,21,22,23). The molecule has 0 aromatic heterocycles. The molecule has 0 radical (unpaired) electrons. The van der Waals surface area contributed by atoms with Gasteiger partial charge in [0.2, 0.25) is 5.91 Å². The number of nitrogens with one attached hydrogen (secondary N) is 2. The van der Waals surface area contributed by atoms with Crippen LogP contribution in [0.2, 0.25) is 0 Å². The Balaban J connectivity index is 1.92. The Morgan fingerprint density at radius 3 is 2.41 bits per heavy atom. The number of nitrogens with zero attached hydrogens (tertiary/aromatic N) is 3. The monoisotopic (exact) mass is 415 g/mol. The SMILES string of the molecule is CN(C)C(=O)CNC(=NCc1ccc([N+](=O)[O-])cc1)NCCSc1ccccc1. The topological polar surface area (TPSA) is 99.9 Å². The van der Waals surface area contributed by atoms with Crippen LogP contribution in [0.5, 0.6) is 0 Å². The van der Waals surface area contributed by atoms with Crippen molar-refractivity contribution in [3.63, 3.8) is 0 Å². The quantitative estimate of drug-likeness (QED) is 0.163. The third-order valence-electron chi connectivity index (χ3n) is 3.88. The number of hydrogen-bond acceptors (Lipinski definition) is 5. The number of likely N-dealkylation sites (N-methyl/N-ethyl adjacent to an activating group) is 1. The summed E-state index contributed by atoms with van der Waals surface area (Å²) in [7, 11) is 3.39. The van der Waals surface area contributed by atoms with Gasteiger partial charge in [-0.3, -0.25) is 14.9 Å². The third kappa shape index (κ3) is 8.22. The van der Waals surface area contributed by atoms with Crippen molar-refractivity contribution in [2.24, 2.45) is 4.99 Å². The zero-order valence-corrected chi connectivity index (χ0v) is 17.3. The molecule has 0 aliphatic rings. The van der Waals surface area contributed by atoms with Crippen molar-refractivity contribution in [1.29, 1.82) is 0 Å². The molecular weight excluding hydrogens is 390 g/mol. The first-order chi connectivity index (χ1) is 14.0. The number of aliphatic imine (C=N–C) groups is 1. The van der Waals surface area contributed by atoms with E-state index in [0.717, 1.165) is 11.3 Å². The number of carbonyl (C=O) groups is 1. The lowest BCUT2D eigenvalue weighted by Gasteiger charge is -2.15. The zero-order valence-electron chi connectivity index (χ0n) is 16.5. The van der Waals surface area contributed by atoms with Gasteiger partial charge < -0.3 is 15.5 Å². The van der Waals surface area contributed by atoms with Crippen LogP contribution in [0.1, 0.15) is 5.56 Å². The molecule has 2 N–H and O–H groups in total. The van der Waals surface area contributed by atoms with Gasteiger partial charge in [0.1, 0.15) is 0 Å². The van der Waals surface area contributed by atoms with Crippen molar-refractivity contribution in [2.75, 3.05) is 32.9 Å². The highest BCUT2D eigenvalue weighted by Gasteiger charge is 2.07. The average Bonchev–Trinajstić information content (AvgIpc) is 2.73. The second-order valence-corrected chi connectivity index (χ2v) is 7.49. The number of carbonyl (C=O) groups excluding carboxylic acids is 1. The predicted octanol–water partition coefficient (Wildman–Crippen LogP) is 2.51. The summed E-state index contributed by atoms with van der Waals surface area (Å²) in [4.78, 5) is 29.4. The van der Waals surface area contributed by atoms with Crippen LogP contribution in [0, 0.1) is 10.1 Å². The normalized spacial score (nSPS) is 11.0. The molecule has 0 bridgehead atoms.